The van der Waals surface area contributed by atoms with Gasteiger partial charge in [0.1, 0.15) is 17.1 Å². The molecule has 210 valence electrons. The van der Waals surface area contributed by atoms with Crippen molar-refractivity contribution in [3.05, 3.63) is 23.3 Å². The van der Waals surface area contributed by atoms with Crippen molar-refractivity contribution < 1.29 is 33.7 Å². The molecule has 0 aromatic heterocycles. The van der Waals surface area contributed by atoms with E-state index in [1.165, 1.54) is 44.9 Å². The first-order chi connectivity index (χ1) is 17.1. The molecular formula is C24H33Cl4NO7S. The molecule has 2 atom stereocenters. The van der Waals surface area contributed by atoms with Crippen LogP contribution in [0.25, 0.3) is 0 Å². The van der Waals surface area contributed by atoms with Crippen LogP contribution in [0.2, 0.25) is 0 Å². The van der Waals surface area contributed by atoms with Crippen LogP contribution in [0.1, 0.15) is 62.7 Å². The first kappa shape index (κ1) is 33.8. The fourth-order valence-corrected chi connectivity index (χ4v) is 5.25. The number of carbonyl (C=O) groups is 3. The first-order valence-electron chi connectivity index (χ1n) is 11.5. The Labute approximate surface area is 242 Å². The molecule has 0 aliphatic rings. The Kier molecular flexibility index (Phi) is 13.5. The number of nitrogens with zero attached hydrogens (tertiary/aromatic N) is 1. The van der Waals surface area contributed by atoms with Gasteiger partial charge >= 0.3 is 11.9 Å². The summed E-state index contributed by atoms with van der Waals surface area (Å²) in [5, 5.41) is 10.2. The highest BCUT2D eigenvalue weighted by Gasteiger charge is 2.46. The van der Waals surface area contributed by atoms with Crippen molar-refractivity contribution in [1.82, 2.24) is 4.90 Å². The summed E-state index contributed by atoms with van der Waals surface area (Å²) >= 11 is 24.2. The number of methoxy groups -OCH3 is 1. The van der Waals surface area contributed by atoms with Crippen molar-refractivity contribution in [2.75, 3.05) is 20.2 Å². The molecule has 0 radical (unpaired) electrons. The molecule has 0 fully saturated rings. The highest BCUT2D eigenvalue weighted by atomic mass is 35.5. The fraction of sp³-hybridized carbons (Fsp3) is 0.625. The van der Waals surface area contributed by atoms with Gasteiger partial charge in [0.25, 0.3) is 5.91 Å². The number of aromatic hydroxyl groups is 1. The number of ether oxygens (including phenoxy) is 3. The number of phenolic OH excluding ortho intramolecular Hbond substituents is 1. The lowest BCUT2D eigenvalue weighted by Crippen LogP contribution is -2.48. The van der Waals surface area contributed by atoms with Gasteiger partial charge in [-0.3, -0.25) is 4.79 Å². The van der Waals surface area contributed by atoms with Crippen LogP contribution < -0.4 is 4.74 Å². The topological polar surface area (TPSA) is 102 Å². The second kappa shape index (κ2) is 14.8. The van der Waals surface area contributed by atoms with Crippen LogP contribution in [-0.4, -0.2) is 74.7 Å². The summed E-state index contributed by atoms with van der Waals surface area (Å²) in [5.41, 5.74) is -1.10. The van der Waals surface area contributed by atoms with Gasteiger partial charge in [-0.15, -0.1) is 11.8 Å². The SMILES string of the molecule is CCN(CC)C(=O)c1cc(O)c([C@@H](SC(C)C)[C@H](OC(=O)C(Cl)Cl)C(C)(C)OC(=O)C(Cl)Cl)c(OC)c1. The maximum atomic E-state index is 13.0. The van der Waals surface area contributed by atoms with E-state index in [4.69, 9.17) is 60.6 Å². The van der Waals surface area contributed by atoms with E-state index >= 15 is 0 Å². The van der Waals surface area contributed by atoms with Crippen LogP contribution in [0, 0.1) is 0 Å². The molecule has 0 aliphatic heterocycles. The van der Waals surface area contributed by atoms with E-state index in [0.29, 0.717) is 13.1 Å². The van der Waals surface area contributed by atoms with Gasteiger partial charge in [-0.05, 0) is 45.1 Å². The number of phenols is 1. The zero-order chi connectivity index (χ0) is 28.7. The normalized spacial score (nSPS) is 13.5. The largest absolute Gasteiger partial charge is 0.507 e. The number of esters is 2. The van der Waals surface area contributed by atoms with Gasteiger partial charge in [-0.2, -0.15) is 0 Å². The molecule has 13 heteroatoms. The monoisotopic (exact) mass is 619 g/mol. The zero-order valence-corrected chi connectivity index (χ0v) is 25.6. The summed E-state index contributed by atoms with van der Waals surface area (Å²) < 4.78 is 16.7. The third-order valence-electron chi connectivity index (χ3n) is 5.26. The minimum Gasteiger partial charge on any atom is -0.507 e. The first-order valence-corrected chi connectivity index (χ1v) is 14.1. The van der Waals surface area contributed by atoms with Crippen LogP contribution in [0.3, 0.4) is 0 Å². The minimum absolute atomic E-state index is 0.0737. The summed E-state index contributed by atoms with van der Waals surface area (Å²) in [6.45, 7) is 11.4. The molecular weight excluding hydrogens is 588 g/mol. The number of hydrogen-bond acceptors (Lipinski definition) is 8. The summed E-state index contributed by atoms with van der Waals surface area (Å²) in [4.78, 5) is 36.4. The van der Waals surface area contributed by atoms with Gasteiger partial charge in [0.2, 0.25) is 9.67 Å². The van der Waals surface area contributed by atoms with E-state index in [0.717, 1.165) is 0 Å². The predicted octanol–water partition coefficient (Wildman–Crippen LogP) is 5.91. The van der Waals surface area contributed by atoms with E-state index < -0.39 is 38.6 Å². The Balaban J connectivity index is 3.81. The highest BCUT2D eigenvalue weighted by molar-refractivity contribution is 8.00. The lowest BCUT2D eigenvalue weighted by Gasteiger charge is -2.39. The van der Waals surface area contributed by atoms with Gasteiger partial charge in [-0.25, -0.2) is 9.59 Å². The van der Waals surface area contributed by atoms with Crippen molar-refractivity contribution in [2.45, 2.75) is 73.4 Å². The molecule has 0 aliphatic carbocycles. The molecule has 1 N–H and O–H groups in total. The highest BCUT2D eigenvalue weighted by Crippen LogP contribution is 2.49. The maximum absolute atomic E-state index is 13.0. The average molecular weight is 621 g/mol. The van der Waals surface area contributed by atoms with E-state index in [-0.39, 0.29) is 33.8 Å². The molecule has 0 saturated heterocycles. The summed E-state index contributed by atoms with van der Waals surface area (Å²) in [6.07, 6.45) is -1.26. The van der Waals surface area contributed by atoms with E-state index in [9.17, 15) is 19.5 Å². The second-order valence-electron chi connectivity index (χ2n) is 8.68. The van der Waals surface area contributed by atoms with Crippen LogP contribution in [0.4, 0.5) is 0 Å². The second-order valence-corrected chi connectivity index (χ2v) is 12.6. The van der Waals surface area contributed by atoms with Crippen LogP contribution >= 0.6 is 58.2 Å². The van der Waals surface area contributed by atoms with Crippen molar-refractivity contribution >= 4 is 76.0 Å². The van der Waals surface area contributed by atoms with Gasteiger partial charge < -0.3 is 24.2 Å². The Morgan fingerprint density at radius 1 is 1.03 bits per heavy atom. The Morgan fingerprint density at radius 2 is 1.57 bits per heavy atom. The number of halogens is 4. The average Bonchev–Trinajstić information content (AvgIpc) is 2.80. The summed E-state index contributed by atoms with van der Waals surface area (Å²) in [5.74, 6) is -2.37. The molecule has 1 amide bonds. The predicted molar refractivity (Wildman–Crippen MR) is 148 cm³/mol. The van der Waals surface area contributed by atoms with Gasteiger partial charge in [-0.1, -0.05) is 60.3 Å². The van der Waals surface area contributed by atoms with Crippen molar-refractivity contribution in [1.29, 1.82) is 0 Å². The number of amides is 1. The molecule has 0 saturated carbocycles. The molecule has 8 nitrogen and oxygen atoms in total. The number of alkyl halides is 4. The lowest BCUT2D eigenvalue weighted by atomic mass is 9.92. The number of thioether (sulfide) groups is 1. The number of carbonyl (C=O) groups excluding carboxylic acids is 3. The van der Waals surface area contributed by atoms with Crippen molar-refractivity contribution in [3.63, 3.8) is 0 Å². The third-order valence-corrected chi connectivity index (χ3v) is 7.30. The molecule has 0 bridgehead atoms. The van der Waals surface area contributed by atoms with Crippen LogP contribution in [-0.2, 0) is 19.1 Å². The fourth-order valence-electron chi connectivity index (χ4n) is 3.57. The zero-order valence-electron chi connectivity index (χ0n) is 21.7. The molecule has 0 heterocycles. The minimum atomic E-state index is -1.53. The molecule has 1 aromatic rings. The van der Waals surface area contributed by atoms with Crippen molar-refractivity contribution in [2.24, 2.45) is 0 Å². The standard InChI is InChI=1S/C24H33Cl4NO7S/c1-8-29(9-2)21(31)13-10-14(30)16(15(11-13)34-7)17(37-12(3)4)18(35-22(32)19(25)26)24(5,6)36-23(33)20(27)28/h10-12,17-20,30H,8-9H2,1-7H3/t17-,18+/m1/s1. The Bertz CT molecular complexity index is 955. The summed E-state index contributed by atoms with van der Waals surface area (Å²) in [6, 6.07) is 2.82. The number of benzene rings is 1. The molecule has 1 aromatic carbocycles. The third kappa shape index (κ3) is 9.17. The van der Waals surface area contributed by atoms with Crippen molar-refractivity contribution in [3.8, 4) is 11.5 Å². The van der Waals surface area contributed by atoms with E-state index in [1.54, 1.807) is 4.90 Å². The van der Waals surface area contributed by atoms with E-state index in [2.05, 4.69) is 0 Å². The molecule has 37 heavy (non-hydrogen) atoms. The number of rotatable bonds is 13. The van der Waals surface area contributed by atoms with E-state index in [1.807, 2.05) is 27.7 Å². The lowest BCUT2D eigenvalue weighted by molar-refractivity contribution is -0.179. The number of hydrogen-bond donors (Lipinski definition) is 1. The van der Waals surface area contributed by atoms with Crippen LogP contribution in [0.5, 0.6) is 11.5 Å². The smallest absolute Gasteiger partial charge is 0.340 e. The van der Waals surface area contributed by atoms with Gasteiger partial charge in [0, 0.05) is 18.7 Å². The molecule has 0 spiro atoms. The molecule has 0 unspecified atom stereocenters. The quantitative estimate of drug-likeness (QED) is 0.215. The maximum Gasteiger partial charge on any atom is 0.340 e. The van der Waals surface area contributed by atoms with Gasteiger partial charge in [0.05, 0.1) is 17.9 Å². The Morgan fingerprint density at radius 3 is 2.00 bits per heavy atom. The Hall–Kier alpha value is -1.26. The van der Waals surface area contributed by atoms with Crippen LogP contribution in [0.15, 0.2) is 12.1 Å². The summed E-state index contributed by atoms with van der Waals surface area (Å²) in [7, 11) is 1.38. The van der Waals surface area contributed by atoms with Gasteiger partial charge in [0.15, 0.2) is 6.10 Å². The molecule has 1 rings (SSSR count).